The Balaban J connectivity index is 1.06. The van der Waals surface area contributed by atoms with Crippen LogP contribution in [0.15, 0.2) is 41.3 Å². The molecule has 3 saturated heterocycles. The minimum absolute atomic E-state index is 0.0279. The molecule has 2 aromatic rings. The third-order valence-corrected chi connectivity index (χ3v) is 12.8. The van der Waals surface area contributed by atoms with Crippen molar-refractivity contribution in [2.75, 3.05) is 68.7 Å². The van der Waals surface area contributed by atoms with Crippen molar-refractivity contribution in [1.29, 1.82) is 0 Å². The third kappa shape index (κ3) is 7.18. The highest BCUT2D eigenvalue weighted by Crippen LogP contribution is 2.46. The highest BCUT2D eigenvalue weighted by atomic mass is 32.2. The monoisotopic (exact) mass is 702 g/mol. The number of amides is 2. The van der Waals surface area contributed by atoms with Crippen molar-refractivity contribution in [2.45, 2.75) is 55.9 Å². The number of likely N-dealkylation sites (tertiary alicyclic amines) is 1. The zero-order valence-electron chi connectivity index (χ0n) is 28.0. The molecule has 4 heterocycles. The van der Waals surface area contributed by atoms with Crippen LogP contribution in [-0.2, 0) is 25.5 Å². The molecule has 2 amide bonds. The number of halogens is 2. The molecule has 1 aromatic carbocycles. The minimum Gasteiger partial charge on any atom is -0.354 e. The van der Waals surface area contributed by atoms with Crippen molar-refractivity contribution < 1.29 is 26.8 Å². The number of anilines is 2. The number of alkyl halides is 2. The van der Waals surface area contributed by atoms with Crippen molar-refractivity contribution in [1.82, 2.24) is 14.2 Å². The Morgan fingerprint density at radius 1 is 0.939 bits per heavy atom. The molecule has 4 fully saturated rings. The number of nitrogens with two attached hydrogens (primary N) is 3. The molecule has 49 heavy (non-hydrogen) atoms. The van der Waals surface area contributed by atoms with Crippen LogP contribution < -0.4 is 27.0 Å². The smallest absolute Gasteiger partial charge is 0.276 e. The first-order chi connectivity index (χ1) is 23.3. The van der Waals surface area contributed by atoms with Gasteiger partial charge in [0.2, 0.25) is 21.8 Å². The lowest BCUT2D eigenvalue weighted by molar-refractivity contribution is -0.138. The number of piperazine rings is 1. The van der Waals surface area contributed by atoms with Gasteiger partial charge in [0.05, 0.1) is 4.90 Å². The summed E-state index contributed by atoms with van der Waals surface area (Å²) in [6.45, 7) is 5.10. The summed E-state index contributed by atoms with van der Waals surface area (Å²) in [6, 6.07) is 8.84. The van der Waals surface area contributed by atoms with E-state index in [1.54, 1.807) is 24.0 Å². The first kappa shape index (κ1) is 35.6. The molecule has 0 unspecified atom stereocenters. The minimum atomic E-state index is -3.81. The van der Waals surface area contributed by atoms with Gasteiger partial charge in [0.15, 0.2) is 0 Å². The number of aryl methyl sites for hydroxylation is 1. The zero-order chi connectivity index (χ0) is 35.1. The van der Waals surface area contributed by atoms with E-state index in [1.807, 2.05) is 9.80 Å². The maximum atomic E-state index is 16.1. The number of pyridine rings is 1. The lowest BCUT2D eigenvalue weighted by atomic mass is 9.76. The highest BCUT2D eigenvalue weighted by molar-refractivity contribution is 7.89. The number of hydrogen-bond donors (Lipinski definition) is 3. The molecule has 6 rings (SSSR count). The van der Waals surface area contributed by atoms with Crippen LogP contribution in [-0.4, -0.2) is 99.4 Å². The van der Waals surface area contributed by atoms with Gasteiger partial charge in [-0.2, -0.15) is 4.31 Å². The second-order valence-electron chi connectivity index (χ2n) is 14.1. The van der Waals surface area contributed by atoms with Gasteiger partial charge in [-0.05, 0) is 93.9 Å². The molecule has 15 heteroatoms. The first-order valence-electron chi connectivity index (χ1n) is 17.3. The van der Waals surface area contributed by atoms with E-state index in [1.165, 1.54) is 28.6 Å². The second kappa shape index (κ2) is 14.2. The van der Waals surface area contributed by atoms with Crippen molar-refractivity contribution in [3.8, 4) is 0 Å². The van der Waals surface area contributed by atoms with E-state index in [2.05, 4.69) is 4.98 Å². The van der Waals surface area contributed by atoms with Crippen LogP contribution >= 0.6 is 0 Å². The van der Waals surface area contributed by atoms with E-state index >= 15 is 8.78 Å². The molecule has 1 aliphatic carbocycles. The molecule has 1 aromatic heterocycles. The lowest BCUT2D eigenvalue weighted by Crippen LogP contribution is -2.49. The molecule has 3 aliphatic heterocycles. The molecule has 0 spiro atoms. The second-order valence-corrected chi connectivity index (χ2v) is 16.1. The van der Waals surface area contributed by atoms with Gasteiger partial charge in [-0.25, -0.2) is 22.2 Å². The SMILES string of the molecule is Cc1cc(C(F)(F)C2CCC(C(=O)N3C[C@@H](CN)[C@@H](CN)C3)CC2)cc(N2CCN(S(=O)(=O)c3ccc(N4C[C@H](N)CC4=O)cc3)CC2)n1. The standard InChI is InChI=1S/C34H48F2N8O4S/c1-22-14-27(34(35,36)26-4-2-23(3-5-26)33(46)42-19-24(17-37)25(18-38)20-42)15-31(40-22)41-10-12-43(13-11-41)49(47,48)30-8-6-29(7-9-30)44-21-28(39)16-32(44)45/h6-9,14-15,23-26,28H,2-5,10-13,16-21,37-39H2,1H3/t23?,24-,25+,26?,28-/m1/s1. The number of sulfonamides is 1. The normalized spacial score (nSPS) is 27.3. The van der Waals surface area contributed by atoms with Crippen LogP contribution in [0.3, 0.4) is 0 Å². The van der Waals surface area contributed by atoms with Gasteiger partial charge in [0, 0.05) is 87.1 Å². The summed E-state index contributed by atoms with van der Waals surface area (Å²) in [5, 5.41) is 0. The van der Waals surface area contributed by atoms with E-state index in [9.17, 15) is 18.0 Å². The Morgan fingerprint density at radius 3 is 2.10 bits per heavy atom. The zero-order valence-corrected chi connectivity index (χ0v) is 28.8. The molecule has 3 atom stereocenters. The number of aromatic nitrogens is 1. The average molecular weight is 703 g/mol. The van der Waals surface area contributed by atoms with E-state index in [0.717, 1.165) is 0 Å². The average Bonchev–Trinajstić information content (AvgIpc) is 3.69. The fourth-order valence-corrected chi connectivity index (χ4v) is 9.37. The van der Waals surface area contributed by atoms with Gasteiger partial charge < -0.3 is 31.9 Å². The Morgan fingerprint density at radius 2 is 1.55 bits per heavy atom. The number of carbonyl (C=O) groups excluding carboxylic acids is 2. The van der Waals surface area contributed by atoms with Crippen LogP contribution in [0.2, 0.25) is 0 Å². The summed E-state index contributed by atoms with van der Waals surface area (Å²) >= 11 is 0. The Kier molecular flexibility index (Phi) is 10.3. The number of rotatable bonds is 9. The van der Waals surface area contributed by atoms with Gasteiger partial charge in [-0.3, -0.25) is 9.59 Å². The van der Waals surface area contributed by atoms with Gasteiger partial charge >= 0.3 is 0 Å². The van der Waals surface area contributed by atoms with Gasteiger partial charge in [-0.1, -0.05) is 0 Å². The fourth-order valence-electron chi connectivity index (χ4n) is 7.94. The first-order valence-corrected chi connectivity index (χ1v) is 18.7. The van der Waals surface area contributed by atoms with E-state index in [4.69, 9.17) is 17.2 Å². The van der Waals surface area contributed by atoms with Crippen LogP contribution in [0.25, 0.3) is 0 Å². The Hall–Kier alpha value is -3.24. The quantitative estimate of drug-likeness (QED) is 0.353. The third-order valence-electron chi connectivity index (χ3n) is 10.9. The summed E-state index contributed by atoms with van der Waals surface area (Å²) in [5.74, 6) is -3.59. The summed E-state index contributed by atoms with van der Waals surface area (Å²) in [7, 11) is -3.81. The number of benzene rings is 1. The Labute approximate surface area is 287 Å². The predicted octanol–water partition coefficient (Wildman–Crippen LogP) is 1.86. The number of nitrogens with zero attached hydrogens (tertiary/aromatic N) is 5. The van der Waals surface area contributed by atoms with Gasteiger partial charge in [0.25, 0.3) is 5.92 Å². The lowest BCUT2D eigenvalue weighted by Gasteiger charge is -2.36. The van der Waals surface area contributed by atoms with Crippen LogP contribution in [0, 0.1) is 30.6 Å². The molecule has 6 N–H and O–H groups in total. The molecule has 268 valence electrons. The van der Waals surface area contributed by atoms with Gasteiger partial charge in [-0.15, -0.1) is 0 Å². The molecular formula is C34H48F2N8O4S. The molecule has 4 aliphatic rings. The van der Waals surface area contributed by atoms with E-state index in [-0.39, 0.29) is 78.4 Å². The van der Waals surface area contributed by atoms with Crippen LogP contribution in [0.1, 0.15) is 43.4 Å². The predicted molar refractivity (Wildman–Crippen MR) is 182 cm³/mol. The summed E-state index contributed by atoms with van der Waals surface area (Å²) in [6.07, 6.45) is 1.57. The summed E-state index contributed by atoms with van der Waals surface area (Å²) < 4.78 is 60.4. The number of carbonyl (C=O) groups is 2. The highest BCUT2D eigenvalue weighted by Gasteiger charge is 2.46. The summed E-state index contributed by atoms with van der Waals surface area (Å²) in [4.78, 5) is 35.3. The van der Waals surface area contributed by atoms with Crippen LogP contribution in [0.5, 0.6) is 0 Å². The molecular weight excluding hydrogens is 654 g/mol. The maximum Gasteiger partial charge on any atom is 0.276 e. The van der Waals surface area contributed by atoms with Gasteiger partial charge in [0.1, 0.15) is 5.82 Å². The van der Waals surface area contributed by atoms with E-state index in [0.29, 0.717) is 75.9 Å². The Bertz CT molecular complexity index is 1620. The topological polar surface area (TPSA) is 172 Å². The maximum absolute atomic E-state index is 16.1. The molecule has 12 nitrogen and oxygen atoms in total. The van der Waals surface area contributed by atoms with Crippen molar-refractivity contribution in [3.63, 3.8) is 0 Å². The van der Waals surface area contributed by atoms with E-state index < -0.39 is 21.9 Å². The molecule has 0 radical (unpaired) electrons. The molecule has 0 bridgehead atoms. The van der Waals surface area contributed by atoms with Crippen molar-refractivity contribution >= 4 is 33.3 Å². The number of hydrogen-bond acceptors (Lipinski definition) is 9. The largest absolute Gasteiger partial charge is 0.354 e. The van der Waals surface area contributed by atoms with Crippen molar-refractivity contribution in [3.05, 3.63) is 47.7 Å². The van der Waals surface area contributed by atoms with Crippen molar-refractivity contribution in [2.24, 2.45) is 40.9 Å². The molecule has 1 saturated carbocycles. The summed E-state index contributed by atoms with van der Waals surface area (Å²) in [5.41, 5.74) is 18.6. The fraction of sp³-hybridized carbons (Fsp3) is 0.618. The van der Waals surface area contributed by atoms with Crippen LogP contribution in [0.4, 0.5) is 20.3 Å².